The highest BCUT2D eigenvalue weighted by Gasteiger charge is 2.55. The van der Waals surface area contributed by atoms with Crippen LogP contribution in [0.25, 0.3) is 0 Å². The molecule has 0 radical (unpaired) electrons. The Labute approximate surface area is 132 Å². The van der Waals surface area contributed by atoms with E-state index in [1.54, 1.807) is 6.20 Å². The zero-order valence-corrected chi connectivity index (χ0v) is 13.6. The van der Waals surface area contributed by atoms with Crippen LogP contribution in [0.15, 0.2) is 6.20 Å². The number of hydrogen-bond acceptors (Lipinski definition) is 4. The van der Waals surface area contributed by atoms with Gasteiger partial charge in [0, 0.05) is 18.2 Å². The Bertz CT molecular complexity index is 516. The largest absolute Gasteiger partial charge is 0.372 e. The number of methoxy groups -OCH3 is 1. The molecule has 0 saturated heterocycles. The summed E-state index contributed by atoms with van der Waals surface area (Å²) in [6, 6.07) is -0.616. The van der Waals surface area contributed by atoms with E-state index in [0.29, 0.717) is 12.8 Å². The lowest BCUT2D eigenvalue weighted by Gasteiger charge is -2.35. The van der Waals surface area contributed by atoms with Crippen molar-refractivity contribution in [2.75, 3.05) is 13.7 Å². The maximum Gasteiger partial charge on any atom is 0.315 e. The molecular weight excluding hydrogens is 312 g/mol. The van der Waals surface area contributed by atoms with Crippen molar-refractivity contribution in [3.8, 4) is 0 Å². The third kappa shape index (κ3) is 3.73. The first-order chi connectivity index (χ1) is 10.4. The van der Waals surface area contributed by atoms with E-state index in [-0.39, 0.29) is 6.54 Å². The minimum atomic E-state index is -3.09. The van der Waals surface area contributed by atoms with Crippen molar-refractivity contribution in [1.82, 2.24) is 15.6 Å². The lowest BCUT2D eigenvalue weighted by atomic mass is 9.93. The summed E-state index contributed by atoms with van der Waals surface area (Å²) in [6.45, 7) is 1.41. The molecule has 0 spiro atoms. The van der Waals surface area contributed by atoms with E-state index >= 15 is 0 Å². The predicted octanol–water partition coefficient (Wildman–Crippen LogP) is 2.85. The number of nitrogens with one attached hydrogen (secondary N) is 2. The van der Waals surface area contributed by atoms with Gasteiger partial charge in [0.2, 0.25) is 0 Å². The number of alkyl halides is 2. The molecule has 0 atom stereocenters. The third-order valence-corrected chi connectivity index (χ3v) is 4.94. The third-order valence-electron chi connectivity index (χ3n) is 4.03. The number of aromatic nitrogens is 1. The number of amides is 2. The molecule has 0 aliphatic heterocycles. The van der Waals surface area contributed by atoms with Gasteiger partial charge in [-0.3, -0.25) is 0 Å². The molecule has 1 aliphatic carbocycles. The monoisotopic (exact) mass is 333 g/mol. The van der Waals surface area contributed by atoms with Crippen LogP contribution < -0.4 is 10.6 Å². The number of halogens is 2. The van der Waals surface area contributed by atoms with E-state index in [0.717, 1.165) is 22.7 Å². The molecule has 22 heavy (non-hydrogen) atoms. The summed E-state index contributed by atoms with van der Waals surface area (Å²) in [4.78, 5) is 16.6. The number of rotatable bonds is 6. The van der Waals surface area contributed by atoms with Gasteiger partial charge in [0.25, 0.3) is 5.92 Å². The van der Waals surface area contributed by atoms with Gasteiger partial charge in [-0.15, -0.1) is 11.3 Å². The zero-order chi connectivity index (χ0) is 16.2. The lowest BCUT2D eigenvalue weighted by molar-refractivity contribution is -0.189. The van der Waals surface area contributed by atoms with E-state index in [1.807, 2.05) is 6.92 Å². The van der Waals surface area contributed by atoms with Crippen LogP contribution in [0.4, 0.5) is 13.6 Å². The average molecular weight is 333 g/mol. The Hall–Kier alpha value is -1.28. The molecule has 0 bridgehead atoms. The first kappa shape index (κ1) is 17.1. The summed E-state index contributed by atoms with van der Waals surface area (Å²) < 4.78 is 33.8. The molecule has 5 nitrogen and oxygen atoms in total. The van der Waals surface area contributed by atoms with Crippen LogP contribution in [-0.4, -0.2) is 36.2 Å². The van der Waals surface area contributed by atoms with E-state index < -0.39 is 24.1 Å². The van der Waals surface area contributed by atoms with Crippen LogP contribution in [0.2, 0.25) is 0 Å². The van der Waals surface area contributed by atoms with Gasteiger partial charge in [0.05, 0.1) is 18.1 Å². The molecule has 2 N–H and O–H groups in total. The van der Waals surface area contributed by atoms with E-state index in [4.69, 9.17) is 4.74 Å². The number of nitrogens with zero attached hydrogens (tertiary/aromatic N) is 1. The second kappa shape index (κ2) is 6.87. The van der Waals surface area contributed by atoms with Gasteiger partial charge in [0.15, 0.2) is 0 Å². The second-order valence-corrected chi connectivity index (χ2v) is 6.81. The SMILES string of the molecule is COC1(C(F)(F)CNC(=O)NCc2cnc(C)s2)CCCC1. The van der Waals surface area contributed by atoms with Crippen molar-refractivity contribution in [2.45, 2.75) is 50.7 Å². The molecule has 1 aromatic rings. The summed E-state index contributed by atoms with van der Waals surface area (Å²) in [5.74, 6) is -3.09. The lowest BCUT2D eigenvalue weighted by Crippen LogP contribution is -2.55. The molecule has 0 unspecified atom stereocenters. The Kier molecular flexibility index (Phi) is 5.33. The first-order valence-corrected chi connectivity index (χ1v) is 8.06. The van der Waals surface area contributed by atoms with E-state index in [1.165, 1.54) is 18.4 Å². The smallest absolute Gasteiger partial charge is 0.315 e. The Morgan fingerprint density at radius 2 is 2.14 bits per heavy atom. The van der Waals surface area contributed by atoms with Gasteiger partial charge in [-0.05, 0) is 19.8 Å². The minimum absolute atomic E-state index is 0.276. The van der Waals surface area contributed by atoms with Crippen LogP contribution in [0.1, 0.15) is 35.6 Å². The summed E-state index contributed by atoms with van der Waals surface area (Å²) in [7, 11) is 1.31. The van der Waals surface area contributed by atoms with E-state index in [2.05, 4.69) is 15.6 Å². The van der Waals surface area contributed by atoms with Gasteiger partial charge < -0.3 is 15.4 Å². The maximum atomic E-state index is 14.3. The quantitative estimate of drug-likeness (QED) is 0.841. The van der Waals surface area contributed by atoms with Gasteiger partial charge in [-0.2, -0.15) is 0 Å². The number of carbonyl (C=O) groups excluding carboxylic acids is 1. The van der Waals surface area contributed by atoms with Gasteiger partial charge in [-0.1, -0.05) is 12.8 Å². The number of carbonyl (C=O) groups is 1. The predicted molar refractivity (Wildman–Crippen MR) is 80.2 cm³/mol. The fraction of sp³-hybridized carbons (Fsp3) is 0.714. The van der Waals surface area contributed by atoms with Crippen molar-refractivity contribution < 1.29 is 18.3 Å². The number of aryl methyl sites for hydroxylation is 1. The zero-order valence-electron chi connectivity index (χ0n) is 12.7. The molecule has 2 amide bonds. The van der Waals surface area contributed by atoms with Crippen LogP contribution in [0.5, 0.6) is 0 Å². The average Bonchev–Trinajstić information content (AvgIpc) is 3.12. The van der Waals surface area contributed by atoms with Gasteiger partial charge in [-0.25, -0.2) is 18.6 Å². The standard InChI is InChI=1S/C14H21F2N3O2S/c1-10-17-7-11(22-10)8-18-12(20)19-9-14(15,16)13(21-2)5-3-4-6-13/h7H,3-6,8-9H2,1-2H3,(H2,18,19,20). The molecule has 1 heterocycles. The molecule has 2 rings (SSSR count). The van der Waals surface area contributed by atoms with Gasteiger partial charge in [0.1, 0.15) is 5.60 Å². The highest BCUT2D eigenvalue weighted by Crippen LogP contribution is 2.44. The molecule has 1 aliphatic rings. The number of thiazole rings is 1. The highest BCUT2D eigenvalue weighted by atomic mass is 32.1. The van der Waals surface area contributed by atoms with Crippen molar-refractivity contribution >= 4 is 17.4 Å². The number of hydrogen-bond donors (Lipinski definition) is 2. The summed E-state index contributed by atoms with van der Waals surface area (Å²) >= 11 is 1.45. The normalized spacial score (nSPS) is 17.5. The Balaban J connectivity index is 1.81. The Morgan fingerprint density at radius 3 is 2.68 bits per heavy atom. The van der Waals surface area contributed by atoms with Crippen LogP contribution in [0, 0.1) is 6.92 Å². The minimum Gasteiger partial charge on any atom is -0.372 e. The molecule has 0 aromatic carbocycles. The maximum absolute atomic E-state index is 14.3. The van der Waals surface area contributed by atoms with Gasteiger partial charge >= 0.3 is 6.03 Å². The van der Waals surface area contributed by atoms with E-state index in [9.17, 15) is 13.6 Å². The highest BCUT2D eigenvalue weighted by molar-refractivity contribution is 7.11. The molecule has 1 aromatic heterocycles. The number of urea groups is 1. The second-order valence-electron chi connectivity index (χ2n) is 5.49. The van der Waals surface area contributed by atoms with Crippen LogP contribution in [-0.2, 0) is 11.3 Å². The fourth-order valence-corrected chi connectivity index (χ4v) is 3.47. The number of ether oxygens (including phenoxy) is 1. The van der Waals surface area contributed by atoms with Crippen molar-refractivity contribution in [1.29, 1.82) is 0 Å². The molecule has 1 saturated carbocycles. The van der Waals surface area contributed by atoms with Crippen molar-refractivity contribution in [3.63, 3.8) is 0 Å². The summed E-state index contributed by atoms with van der Waals surface area (Å²) in [5, 5.41) is 5.69. The molecule has 124 valence electrons. The van der Waals surface area contributed by atoms with Crippen molar-refractivity contribution in [2.24, 2.45) is 0 Å². The molecule has 8 heteroatoms. The molecule has 1 fully saturated rings. The molecular formula is C14H21F2N3O2S. The fourth-order valence-electron chi connectivity index (χ4n) is 2.73. The van der Waals surface area contributed by atoms with Crippen molar-refractivity contribution in [3.05, 3.63) is 16.1 Å². The van der Waals surface area contributed by atoms with Crippen LogP contribution >= 0.6 is 11.3 Å². The topological polar surface area (TPSA) is 63.2 Å². The first-order valence-electron chi connectivity index (χ1n) is 7.24. The van der Waals surface area contributed by atoms with Crippen LogP contribution in [0.3, 0.4) is 0 Å². The summed E-state index contributed by atoms with van der Waals surface area (Å²) in [6.07, 6.45) is 3.74. The summed E-state index contributed by atoms with van der Waals surface area (Å²) in [5.41, 5.74) is -1.45. The Morgan fingerprint density at radius 1 is 1.45 bits per heavy atom.